The van der Waals surface area contributed by atoms with Crippen LogP contribution in [0.15, 0.2) is 30.5 Å². The van der Waals surface area contributed by atoms with E-state index in [-0.39, 0.29) is 5.82 Å². The summed E-state index contributed by atoms with van der Waals surface area (Å²) < 4.78 is 15.0. The van der Waals surface area contributed by atoms with E-state index in [2.05, 4.69) is 11.2 Å². The molecule has 0 radical (unpaired) electrons. The van der Waals surface area contributed by atoms with Gasteiger partial charge in [-0.2, -0.15) is 10.4 Å². The fraction of sp³-hybridized carbons (Fsp3) is 0.176. The first-order chi connectivity index (χ1) is 11.2. The standard InChI is InChI=1S/C17H13FN4S/c18-11-3-1-10(2-4-11)9-22-15-6-5-12-13(7-19)17(20)23-16(12)14(15)8-21-22/h1-4,8H,5-6,9,20H2. The SMILES string of the molecule is N#Cc1c(N)sc2c1CCc1c-2cnn1Cc1ccc(F)cc1. The second-order valence-corrected chi connectivity index (χ2v) is 6.60. The zero-order valence-electron chi connectivity index (χ0n) is 12.2. The summed E-state index contributed by atoms with van der Waals surface area (Å²) in [6, 6.07) is 8.68. The van der Waals surface area contributed by atoms with E-state index in [1.807, 2.05) is 10.9 Å². The third kappa shape index (κ3) is 2.21. The van der Waals surface area contributed by atoms with Crippen LogP contribution in [0.4, 0.5) is 9.39 Å². The lowest BCUT2D eigenvalue weighted by molar-refractivity contribution is 0.619. The molecule has 2 aromatic heterocycles. The highest BCUT2D eigenvalue weighted by Crippen LogP contribution is 2.43. The fourth-order valence-electron chi connectivity index (χ4n) is 3.07. The van der Waals surface area contributed by atoms with Gasteiger partial charge in [0.15, 0.2) is 0 Å². The van der Waals surface area contributed by atoms with Crippen LogP contribution in [-0.4, -0.2) is 9.78 Å². The van der Waals surface area contributed by atoms with Crippen LogP contribution in [0.3, 0.4) is 0 Å². The second-order valence-electron chi connectivity index (χ2n) is 5.55. The highest BCUT2D eigenvalue weighted by Gasteiger charge is 2.26. The van der Waals surface area contributed by atoms with Crippen LogP contribution in [-0.2, 0) is 19.4 Å². The molecule has 4 rings (SSSR count). The molecular formula is C17H13FN4S. The van der Waals surface area contributed by atoms with Crippen molar-refractivity contribution >= 4 is 16.3 Å². The van der Waals surface area contributed by atoms with Crippen molar-refractivity contribution in [2.45, 2.75) is 19.4 Å². The number of halogens is 1. The van der Waals surface area contributed by atoms with Gasteiger partial charge in [0.1, 0.15) is 16.9 Å². The first kappa shape index (κ1) is 14.0. The number of aromatic nitrogens is 2. The van der Waals surface area contributed by atoms with E-state index in [9.17, 15) is 9.65 Å². The third-order valence-electron chi connectivity index (χ3n) is 4.20. The monoisotopic (exact) mass is 324 g/mol. The van der Waals surface area contributed by atoms with Crippen LogP contribution >= 0.6 is 11.3 Å². The normalized spacial score (nSPS) is 12.5. The average Bonchev–Trinajstić information content (AvgIpc) is 3.09. The molecule has 4 nitrogen and oxygen atoms in total. The quantitative estimate of drug-likeness (QED) is 0.786. The molecule has 2 N–H and O–H groups in total. The number of thiophene rings is 1. The van der Waals surface area contributed by atoms with Gasteiger partial charge < -0.3 is 5.73 Å². The Hall–Kier alpha value is -2.65. The average molecular weight is 324 g/mol. The number of nitriles is 1. The highest BCUT2D eigenvalue weighted by molar-refractivity contribution is 7.19. The minimum atomic E-state index is -0.237. The number of benzene rings is 1. The molecule has 0 atom stereocenters. The van der Waals surface area contributed by atoms with Gasteiger partial charge in [-0.3, -0.25) is 4.68 Å². The predicted octanol–water partition coefficient (Wildman–Crippen LogP) is 3.35. The molecule has 1 aromatic carbocycles. The largest absolute Gasteiger partial charge is 0.389 e. The van der Waals surface area contributed by atoms with Crippen LogP contribution in [0.2, 0.25) is 0 Å². The van der Waals surface area contributed by atoms with Gasteiger partial charge in [0.05, 0.1) is 18.3 Å². The Kier molecular flexibility index (Phi) is 3.17. The van der Waals surface area contributed by atoms with E-state index in [1.54, 1.807) is 12.1 Å². The zero-order chi connectivity index (χ0) is 16.0. The van der Waals surface area contributed by atoms with Crippen molar-refractivity contribution in [3.8, 4) is 16.5 Å². The molecule has 3 aromatic rings. The van der Waals surface area contributed by atoms with Gasteiger partial charge in [0, 0.05) is 16.1 Å². The molecule has 0 aliphatic heterocycles. The van der Waals surface area contributed by atoms with Gasteiger partial charge in [-0.15, -0.1) is 11.3 Å². The van der Waals surface area contributed by atoms with Gasteiger partial charge in [0.25, 0.3) is 0 Å². The minimum Gasteiger partial charge on any atom is -0.389 e. The Balaban J connectivity index is 1.73. The third-order valence-corrected chi connectivity index (χ3v) is 5.29. The molecule has 0 saturated carbocycles. The number of anilines is 1. The van der Waals surface area contributed by atoms with Crippen LogP contribution in [0, 0.1) is 17.1 Å². The van der Waals surface area contributed by atoms with Gasteiger partial charge >= 0.3 is 0 Å². The Bertz CT molecular complexity index is 931. The second kappa shape index (κ2) is 5.21. The van der Waals surface area contributed by atoms with Crippen LogP contribution in [0.1, 0.15) is 22.4 Å². The Morgan fingerprint density at radius 1 is 1.30 bits per heavy atom. The van der Waals surface area contributed by atoms with Crippen LogP contribution in [0.5, 0.6) is 0 Å². The zero-order valence-corrected chi connectivity index (χ0v) is 13.0. The fourth-order valence-corrected chi connectivity index (χ4v) is 4.17. The van der Waals surface area contributed by atoms with Gasteiger partial charge in [-0.1, -0.05) is 12.1 Å². The summed E-state index contributed by atoms with van der Waals surface area (Å²) in [7, 11) is 0. The smallest absolute Gasteiger partial charge is 0.123 e. The summed E-state index contributed by atoms with van der Waals surface area (Å²) in [5, 5.41) is 14.3. The van der Waals surface area contributed by atoms with Crippen molar-refractivity contribution in [3.05, 3.63) is 58.7 Å². The topological polar surface area (TPSA) is 67.6 Å². The molecule has 1 aliphatic carbocycles. The van der Waals surface area contributed by atoms with E-state index in [0.717, 1.165) is 40.1 Å². The molecule has 114 valence electrons. The van der Waals surface area contributed by atoms with E-state index < -0.39 is 0 Å². The number of rotatable bonds is 2. The Morgan fingerprint density at radius 3 is 2.83 bits per heavy atom. The lowest BCUT2D eigenvalue weighted by Gasteiger charge is -2.15. The Labute approximate surface area is 136 Å². The molecule has 6 heteroatoms. The van der Waals surface area contributed by atoms with E-state index in [1.165, 1.54) is 23.5 Å². The van der Waals surface area contributed by atoms with E-state index in [4.69, 9.17) is 5.73 Å². The Morgan fingerprint density at radius 2 is 2.09 bits per heavy atom. The van der Waals surface area contributed by atoms with Crippen molar-refractivity contribution in [2.24, 2.45) is 0 Å². The number of hydrogen-bond acceptors (Lipinski definition) is 4. The lowest BCUT2D eigenvalue weighted by Crippen LogP contribution is -2.10. The lowest BCUT2D eigenvalue weighted by atomic mass is 9.94. The molecule has 0 unspecified atom stereocenters. The van der Waals surface area contributed by atoms with Gasteiger partial charge in [-0.05, 0) is 36.1 Å². The predicted molar refractivity (Wildman–Crippen MR) is 87.6 cm³/mol. The van der Waals surface area contributed by atoms with Crippen molar-refractivity contribution in [1.82, 2.24) is 9.78 Å². The summed E-state index contributed by atoms with van der Waals surface area (Å²) in [6.45, 7) is 0.608. The van der Waals surface area contributed by atoms with Crippen molar-refractivity contribution in [2.75, 3.05) is 5.73 Å². The van der Waals surface area contributed by atoms with Crippen molar-refractivity contribution in [3.63, 3.8) is 0 Å². The number of fused-ring (bicyclic) bond motifs is 3. The summed E-state index contributed by atoms with van der Waals surface area (Å²) in [6.07, 6.45) is 3.47. The molecule has 2 heterocycles. The minimum absolute atomic E-state index is 0.237. The first-order valence-electron chi connectivity index (χ1n) is 7.28. The molecule has 23 heavy (non-hydrogen) atoms. The van der Waals surface area contributed by atoms with Gasteiger partial charge in [-0.25, -0.2) is 4.39 Å². The number of hydrogen-bond donors (Lipinski definition) is 1. The van der Waals surface area contributed by atoms with Crippen molar-refractivity contribution in [1.29, 1.82) is 5.26 Å². The number of nitrogen functional groups attached to an aromatic ring is 1. The number of nitrogens with two attached hydrogens (primary N) is 1. The van der Waals surface area contributed by atoms with Crippen LogP contribution in [0.25, 0.3) is 10.4 Å². The van der Waals surface area contributed by atoms with Crippen LogP contribution < -0.4 is 5.73 Å². The highest BCUT2D eigenvalue weighted by atomic mass is 32.1. The van der Waals surface area contributed by atoms with E-state index >= 15 is 0 Å². The molecule has 0 fully saturated rings. The van der Waals surface area contributed by atoms with Gasteiger partial charge in [0.2, 0.25) is 0 Å². The molecule has 0 bridgehead atoms. The molecule has 1 aliphatic rings. The molecule has 0 amide bonds. The number of nitrogens with zero attached hydrogens (tertiary/aromatic N) is 3. The molecule has 0 saturated heterocycles. The summed E-state index contributed by atoms with van der Waals surface area (Å²) in [5.74, 6) is -0.237. The maximum Gasteiger partial charge on any atom is 0.123 e. The molecule has 0 spiro atoms. The summed E-state index contributed by atoms with van der Waals surface area (Å²) in [5.41, 5.74) is 10.8. The maximum absolute atomic E-state index is 13.0. The maximum atomic E-state index is 13.0. The summed E-state index contributed by atoms with van der Waals surface area (Å²) >= 11 is 1.46. The van der Waals surface area contributed by atoms with Crippen molar-refractivity contribution < 1.29 is 4.39 Å². The first-order valence-corrected chi connectivity index (χ1v) is 8.09. The molecular weight excluding hydrogens is 311 g/mol. The van der Waals surface area contributed by atoms with E-state index in [0.29, 0.717) is 17.1 Å². The summed E-state index contributed by atoms with van der Waals surface area (Å²) in [4.78, 5) is 1.06.